The minimum Gasteiger partial charge on any atom is -0.499 e. The lowest BCUT2D eigenvalue weighted by atomic mass is 10.0. The van der Waals surface area contributed by atoms with Gasteiger partial charge in [0.05, 0.1) is 13.2 Å². The van der Waals surface area contributed by atoms with E-state index in [2.05, 4.69) is 6.92 Å². The smallest absolute Gasteiger partial charge is 0.378 e. The monoisotopic (exact) mass is 468 g/mol. The van der Waals surface area contributed by atoms with Crippen molar-refractivity contribution < 1.29 is 28.8 Å². The van der Waals surface area contributed by atoms with Crippen LogP contribution in [0.1, 0.15) is 124 Å². The molecule has 1 saturated heterocycles. The van der Waals surface area contributed by atoms with E-state index in [1.165, 1.54) is 89.9 Å². The molecule has 2 rings (SSSR count). The Morgan fingerprint density at radius 2 is 1.33 bits per heavy atom. The van der Waals surface area contributed by atoms with Crippen molar-refractivity contribution in [3.05, 3.63) is 11.5 Å². The van der Waals surface area contributed by atoms with Crippen LogP contribution in [0, 0.1) is 0 Å². The Bertz CT molecular complexity index is 585. The van der Waals surface area contributed by atoms with E-state index < -0.39 is 29.7 Å². The Morgan fingerprint density at radius 3 is 1.79 bits per heavy atom. The fraction of sp³-hybridized carbons (Fsp3) is 0.889. The van der Waals surface area contributed by atoms with E-state index in [0.29, 0.717) is 13.2 Å². The zero-order valence-electron chi connectivity index (χ0n) is 21.4. The molecule has 1 fully saturated rings. The first-order valence-electron chi connectivity index (χ1n) is 13.5. The molecule has 0 amide bonds. The van der Waals surface area contributed by atoms with Crippen molar-refractivity contribution in [3.8, 4) is 0 Å². The second-order valence-electron chi connectivity index (χ2n) is 10.1. The summed E-state index contributed by atoms with van der Waals surface area (Å²) in [6.07, 6.45) is 19.9. The SMILES string of the molecule is CCCCCCCCCCCCCCCCCCOC1=C(O)C(=O)O[C@@H]1[C@@H]1COC(C)(C)O1. The van der Waals surface area contributed by atoms with E-state index >= 15 is 0 Å². The Hall–Kier alpha value is -1.27. The molecule has 6 nitrogen and oxygen atoms in total. The number of ether oxygens (including phenoxy) is 4. The molecule has 6 heteroatoms. The summed E-state index contributed by atoms with van der Waals surface area (Å²) in [5.41, 5.74) is 0. The standard InChI is InChI=1S/C27H48O6/c1-4-5-6-7-8-9-10-11-12-13-14-15-16-17-18-19-20-30-25-23(28)26(29)32-24(25)22-21-31-27(2,3)33-22/h22,24,28H,4-21H2,1-3H3/t22-,24+/m0/s1. The third-order valence-electron chi connectivity index (χ3n) is 6.54. The predicted molar refractivity (Wildman–Crippen MR) is 130 cm³/mol. The molecule has 33 heavy (non-hydrogen) atoms. The molecule has 192 valence electrons. The fourth-order valence-electron chi connectivity index (χ4n) is 4.55. The van der Waals surface area contributed by atoms with Gasteiger partial charge >= 0.3 is 5.97 Å². The topological polar surface area (TPSA) is 74.2 Å². The molecular weight excluding hydrogens is 420 g/mol. The molecule has 0 aromatic heterocycles. The second kappa shape index (κ2) is 15.6. The largest absolute Gasteiger partial charge is 0.499 e. The van der Waals surface area contributed by atoms with Gasteiger partial charge in [-0.2, -0.15) is 0 Å². The maximum absolute atomic E-state index is 11.8. The van der Waals surface area contributed by atoms with Crippen LogP contribution in [0.5, 0.6) is 0 Å². The molecule has 0 spiro atoms. The minimum atomic E-state index is -0.754. The molecule has 0 unspecified atom stereocenters. The lowest BCUT2D eigenvalue weighted by molar-refractivity contribution is -0.163. The van der Waals surface area contributed by atoms with Gasteiger partial charge < -0.3 is 24.1 Å². The maximum Gasteiger partial charge on any atom is 0.378 e. The van der Waals surface area contributed by atoms with E-state index in [4.69, 9.17) is 18.9 Å². The summed E-state index contributed by atoms with van der Waals surface area (Å²) in [5.74, 6) is -1.73. The van der Waals surface area contributed by atoms with Crippen LogP contribution in [0.4, 0.5) is 0 Å². The normalized spacial score (nSPS) is 22.2. The summed E-state index contributed by atoms with van der Waals surface area (Å²) < 4.78 is 22.3. The van der Waals surface area contributed by atoms with Gasteiger partial charge in [0.15, 0.2) is 17.7 Å². The number of aliphatic hydroxyl groups is 1. The average molecular weight is 469 g/mol. The van der Waals surface area contributed by atoms with Crippen molar-refractivity contribution >= 4 is 5.97 Å². The van der Waals surface area contributed by atoms with Crippen LogP contribution < -0.4 is 0 Å². The van der Waals surface area contributed by atoms with Gasteiger partial charge in [-0.05, 0) is 20.3 Å². The van der Waals surface area contributed by atoms with Crippen molar-refractivity contribution in [1.29, 1.82) is 0 Å². The first-order valence-corrected chi connectivity index (χ1v) is 13.5. The summed E-state index contributed by atoms with van der Waals surface area (Å²) in [4.78, 5) is 11.8. The molecule has 0 bridgehead atoms. The van der Waals surface area contributed by atoms with Crippen LogP contribution in [0.15, 0.2) is 11.5 Å². The van der Waals surface area contributed by atoms with Crippen molar-refractivity contribution in [2.75, 3.05) is 13.2 Å². The molecule has 0 radical (unpaired) electrons. The number of unbranched alkanes of at least 4 members (excludes halogenated alkanes) is 15. The van der Waals surface area contributed by atoms with Gasteiger partial charge in [0.25, 0.3) is 0 Å². The van der Waals surface area contributed by atoms with Crippen LogP contribution in [-0.2, 0) is 23.7 Å². The number of aliphatic hydroxyl groups excluding tert-OH is 1. The Morgan fingerprint density at radius 1 is 0.848 bits per heavy atom. The van der Waals surface area contributed by atoms with Crippen molar-refractivity contribution in [2.45, 2.75) is 141 Å². The molecule has 0 aromatic rings. The van der Waals surface area contributed by atoms with Gasteiger partial charge in [-0.15, -0.1) is 0 Å². The third-order valence-corrected chi connectivity index (χ3v) is 6.54. The Balaban J connectivity index is 1.43. The lowest BCUT2D eigenvalue weighted by Crippen LogP contribution is -2.33. The van der Waals surface area contributed by atoms with E-state index in [-0.39, 0.29) is 5.76 Å². The zero-order chi connectivity index (χ0) is 23.9. The minimum absolute atomic E-state index is 0.187. The molecular formula is C27H48O6. The van der Waals surface area contributed by atoms with Gasteiger partial charge in [-0.3, -0.25) is 0 Å². The average Bonchev–Trinajstić information content (AvgIpc) is 3.29. The summed E-state index contributed by atoms with van der Waals surface area (Å²) in [7, 11) is 0. The highest BCUT2D eigenvalue weighted by atomic mass is 16.8. The predicted octanol–water partition coefficient (Wildman–Crippen LogP) is 7.11. The van der Waals surface area contributed by atoms with Gasteiger partial charge in [0, 0.05) is 0 Å². The summed E-state index contributed by atoms with van der Waals surface area (Å²) >= 11 is 0. The van der Waals surface area contributed by atoms with Crippen LogP contribution in [-0.4, -0.2) is 42.3 Å². The van der Waals surface area contributed by atoms with Gasteiger partial charge in [-0.25, -0.2) is 4.79 Å². The highest BCUT2D eigenvalue weighted by Gasteiger charge is 2.47. The van der Waals surface area contributed by atoms with Gasteiger partial charge in [0.1, 0.15) is 6.10 Å². The van der Waals surface area contributed by atoms with Crippen LogP contribution in [0.2, 0.25) is 0 Å². The van der Waals surface area contributed by atoms with Crippen LogP contribution in [0.25, 0.3) is 0 Å². The number of hydrogen-bond acceptors (Lipinski definition) is 6. The van der Waals surface area contributed by atoms with Crippen LogP contribution in [0.3, 0.4) is 0 Å². The molecule has 0 aromatic carbocycles. The number of esters is 1. The first-order chi connectivity index (χ1) is 15.9. The molecule has 2 aliphatic rings. The van der Waals surface area contributed by atoms with Gasteiger partial charge in [-0.1, -0.05) is 103 Å². The summed E-state index contributed by atoms with van der Waals surface area (Å²) in [5, 5.41) is 10.0. The fourth-order valence-corrected chi connectivity index (χ4v) is 4.55. The Kier molecular flexibility index (Phi) is 13.2. The molecule has 2 atom stereocenters. The quantitative estimate of drug-likeness (QED) is 0.161. The second-order valence-corrected chi connectivity index (χ2v) is 10.1. The zero-order valence-corrected chi connectivity index (χ0v) is 21.4. The number of cyclic esters (lactones) is 1. The summed E-state index contributed by atoms with van der Waals surface area (Å²) in [6.45, 7) is 6.65. The molecule has 2 aliphatic heterocycles. The molecule has 0 aliphatic carbocycles. The number of carbonyl (C=O) groups is 1. The van der Waals surface area contributed by atoms with Gasteiger partial charge in [0.2, 0.25) is 5.76 Å². The van der Waals surface area contributed by atoms with E-state index in [0.717, 1.165) is 12.8 Å². The van der Waals surface area contributed by atoms with E-state index in [1.54, 1.807) is 0 Å². The van der Waals surface area contributed by atoms with Crippen molar-refractivity contribution in [1.82, 2.24) is 0 Å². The maximum atomic E-state index is 11.8. The number of hydrogen-bond donors (Lipinski definition) is 1. The lowest BCUT2D eigenvalue weighted by Gasteiger charge is -2.21. The van der Waals surface area contributed by atoms with E-state index in [1.807, 2.05) is 13.8 Å². The number of rotatable bonds is 19. The van der Waals surface area contributed by atoms with Crippen molar-refractivity contribution in [2.24, 2.45) is 0 Å². The highest BCUT2D eigenvalue weighted by molar-refractivity contribution is 5.89. The molecule has 2 heterocycles. The first kappa shape index (κ1) is 28.0. The molecule has 1 N–H and O–H groups in total. The Labute approximate surface area is 201 Å². The third kappa shape index (κ3) is 10.7. The summed E-state index contributed by atoms with van der Waals surface area (Å²) in [6, 6.07) is 0. The van der Waals surface area contributed by atoms with Crippen molar-refractivity contribution in [3.63, 3.8) is 0 Å². The van der Waals surface area contributed by atoms with E-state index in [9.17, 15) is 9.90 Å². The number of carbonyl (C=O) groups excluding carboxylic acids is 1. The molecule has 0 saturated carbocycles. The highest BCUT2D eigenvalue weighted by Crippen LogP contribution is 2.33. The van der Waals surface area contributed by atoms with Crippen LogP contribution >= 0.6 is 0 Å².